The predicted octanol–water partition coefficient (Wildman–Crippen LogP) is 2.46. The molecule has 0 heterocycles. The van der Waals surface area contributed by atoms with Gasteiger partial charge in [-0.15, -0.1) is 0 Å². The molecule has 2 aromatic carbocycles. The lowest BCUT2D eigenvalue weighted by atomic mass is 10.1. The van der Waals surface area contributed by atoms with E-state index < -0.39 is 6.10 Å². The molecule has 0 fully saturated rings. The van der Waals surface area contributed by atoms with E-state index >= 15 is 0 Å². The van der Waals surface area contributed by atoms with Crippen molar-refractivity contribution in [2.75, 3.05) is 25.1 Å². The van der Waals surface area contributed by atoms with Crippen LogP contribution < -0.4 is 10.1 Å². The van der Waals surface area contributed by atoms with E-state index in [4.69, 9.17) is 9.84 Å². The minimum absolute atomic E-state index is 0.240. The van der Waals surface area contributed by atoms with Gasteiger partial charge in [0.1, 0.15) is 5.75 Å². The third kappa shape index (κ3) is 5.76. The van der Waals surface area contributed by atoms with Crippen LogP contribution in [0.2, 0.25) is 0 Å². The Kier molecular flexibility index (Phi) is 6.74. The second-order valence-corrected chi connectivity index (χ2v) is 5.18. The summed E-state index contributed by atoms with van der Waals surface area (Å²) < 4.78 is 5.71. The van der Waals surface area contributed by atoms with E-state index in [-0.39, 0.29) is 6.61 Å². The molecule has 0 saturated heterocycles. The van der Waals surface area contributed by atoms with Crippen molar-refractivity contribution >= 4 is 5.69 Å². The van der Waals surface area contributed by atoms with Crippen LogP contribution in [0.5, 0.6) is 5.75 Å². The molecule has 0 spiro atoms. The van der Waals surface area contributed by atoms with E-state index in [0.29, 0.717) is 13.2 Å². The van der Waals surface area contributed by atoms with Gasteiger partial charge in [-0.2, -0.15) is 0 Å². The summed E-state index contributed by atoms with van der Waals surface area (Å²) in [5, 5.41) is 21.1. The number of ether oxygens (including phenoxy) is 1. The van der Waals surface area contributed by atoms with Crippen LogP contribution in [0, 0.1) is 0 Å². The fourth-order valence-electron chi connectivity index (χ4n) is 2.08. The first-order valence-corrected chi connectivity index (χ1v) is 7.57. The fraction of sp³-hybridized carbons (Fsp3) is 0.333. The number of nitrogens with one attached hydrogen (secondary N) is 1. The van der Waals surface area contributed by atoms with Gasteiger partial charge in [-0.1, -0.05) is 30.3 Å². The molecule has 1 atom stereocenters. The maximum Gasteiger partial charge on any atom is 0.119 e. The molecule has 3 N–H and O–H groups in total. The number of benzene rings is 2. The summed E-state index contributed by atoms with van der Waals surface area (Å²) in [4.78, 5) is 0. The smallest absolute Gasteiger partial charge is 0.119 e. The van der Waals surface area contributed by atoms with E-state index in [1.165, 1.54) is 5.56 Å². The van der Waals surface area contributed by atoms with Crippen molar-refractivity contribution in [1.29, 1.82) is 0 Å². The molecule has 22 heavy (non-hydrogen) atoms. The normalized spacial score (nSPS) is 11.9. The van der Waals surface area contributed by atoms with Crippen molar-refractivity contribution in [2.45, 2.75) is 18.9 Å². The lowest BCUT2D eigenvalue weighted by molar-refractivity contribution is 0.105. The zero-order valence-electron chi connectivity index (χ0n) is 12.6. The standard InChI is InChI=1S/C18H23NO3/c20-14-17(21)13-19-16-8-10-18(11-9-16)22-12-4-7-15-5-2-1-3-6-15/h1-3,5-6,8-11,17,19-21H,4,7,12-14H2. The highest BCUT2D eigenvalue weighted by Crippen LogP contribution is 2.16. The highest BCUT2D eigenvalue weighted by atomic mass is 16.5. The Balaban J connectivity index is 1.68. The van der Waals surface area contributed by atoms with Gasteiger partial charge in [0, 0.05) is 12.2 Å². The van der Waals surface area contributed by atoms with Crippen LogP contribution in [-0.4, -0.2) is 36.1 Å². The van der Waals surface area contributed by atoms with Gasteiger partial charge in [-0.05, 0) is 42.7 Å². The molecular formula is C18H23NO3. The van der Waals surface area contributed by atoms with Crippen molar-refractivity contribution in [2.24, 2.45) is 0 Å². The summed E-state index contributed by atoms with van der Waals surface area (Å²) in [6.45, 7) is 0.772. The van der Waals surface area contributed by atoms with Crippen molar-refractivity contribution in [3.05, 3.63) is 60.2 Å². The first-order valence-electron chi connectivity index (χ1n) is 7.57. The molecule has 2 rings (SSSR count). The summed E-state index contributed by atoms with van der Waals surface area (Å²) in [5.74, 6) is 0.835. The topological polar surface area (TPSA) is 61.7 Å². The third-order valence-corrected chi connectivity index (χ3v) is 3.33. The molecule has 0 aliphatic heterocycles. The Morgan fingerprint density at radius 3 is 2.41 bits per heavy atom. The monoisotopic (exact) mass is 301 g/mol. The van der Waals surface area contributed by atoms with Gasteiger partial charge in [0.25, 0.3) is 0 Å². The average molecular weight is 301 g/mol. The van der Waals surface area contributed by atoms with Gasteiger partial charge in [0.15, 0.2) is 0 Å². The number of aryl methyl sites for hydroxylation is 1. The van der Waals surface area contributed by atoms with Gasteiger partial charge < -0.3 is 20.3 Å². The molecule has 0 bridgehead atoms. The minimum atomic E-state index is -0.742. The molecule has 4 nitrogen and oxygen atoms in total. The molecule has 0 radical (unpaired) electrons. The molecular weight excluding hydrogens is 278 g/mol. The van der Waals surface area contributed by atoms with Crippen LogP contribution >= 0.6 is 0 Å². The molecule has 1 unspecified atom stereocenters. The first kappa shape index (κ1) is 16.3. The van der Waals surface area contributed by atoms with Gasteiger partial charge in [0.2, 0.25) is 0 Å². The number of aliphatic hydroxyl groups is 2. The fourth-order valence-corrected chi connectivity index (χ4v) is 2.08. The predicted molar refractivity (Wildman–Crippen MR) is 88.3 cm³/mol. The number of aliphatic hydroxyl groups excluding tert-OH is 2. The van der Waals surface area contributed by atoms with E-state index in [2.05, 4.69) is 29.6 Å². The molecule has 0 amide bonds. The third-order valence-electron chi connectivity index (χ3n) is 3.33. The summed E-state index contributed by atoms with van der Waals surface area (Å²) in [7, 11) is 0. The lowest BCUT2D eigenvalue weighted by Gasteiger charge is -2.11. The van der Waals surface area contributed by atoms with Crippen molar-refractivity contribution in [1.82, 2.24) is 0 Å². The van der Waals surface area contributed by atoms with Crippen LogP contribution in [0.3, 0.4) is 0 Å². The van der Waals surface area contributed by atoms with E-state index in [1.807, 2.05) is 30.3 Å². The largest absolute Gasteiger partial charge is 0.494 e. The SMILES string of the molecule is OCC(O)CNc1ccc(OCCCc2ccccc2)cc1. The van der Waals surface area contributed by atoms with E-state index in [9.17, 15) is 5.11 Å². The molecule has 0 saturated carbocycles. The van der Waals surface area contributed by atoms with Crippen LogP contribution in [0.1, 0.15) is 12.0 Å². The van der Waals surface area contributed by atoms with Gasteiger partial charge in [-0.3, -0.25) is 0 Å². The molecule has 0 aromatic heterocycles. The van der Waals surface area contributed by atoms with Crippen LogP contribution in [-0.2, 0) is 6.42 Å². The number of hydrogen-bond donors (Lipinski definition) is 3. The average Bonchev–Trinajstić information content (AvgIpc) is 2.58. The number of rotatable bonds is 9. The Hall–Kier alpha value is -2.04. The Labute approximate surface area is 131 Å². The van der Waals surface area contributed by atoms with Crippen molar-refractivity contribution in [3.63, 3.8) is 0 Å². The minimum Gasteiger partial charge on any atom is -0.494 e. The Morgan fingerprint density at radius 1 is 1.00 bits per heavy atom. The van der Waals surface area contributed by atoms with E-state index in [1.54, 1.807) is 0 Å². The summed E-state index contributed by atoms with van der Waals surface area (Å²) in [6.07, 6.45) is 1.25. The van der Waals surface area contributed by atoms with Gasteiger partial charge in [0.05, 0.1) is 19.3 Å². The van der Waals surface area contributed by atoms with Gasteiger partial charge >= 0.3 is 0 Å². The second-order valence-electron chi connectivity index (χ2n) is 5.18. The second kappa shape index (κ2) is 9.07. The van der Waals surface area contributed by atoms with Crippen molar-refractivity contribution < 1.29 is 14.9 Å². The van der Waals surface area contributed by atoms with Gasteiger partial charge in [-0.25, -0.2) is 0 Å². The zero-order valence-corrected chi connectivity index (χ0v) is 12.6. The van der Waals surface area contributed by atoms with Crippen LogP contribution in [0.15, 0.2) is 54.6 Å². The highest BCUT2D eigenvalue weighted by Gasteiger charge is 2.01. The number of anilines is 1. The molecule has 0 aliphatic rings. The summed E-state index contributed by atoms with van der Waals surface area (Å²) >= 11 is 0. The highest BCUT2D eigenvalue weighted by molar-refractivity contribution is 5.46. The Morgan fingerprint density at radius 2 is 1.73 bits per heavy atom. The van der Waals surface area contributed by atoms with Crippen LogP contribution in [0.4, 0.5) is 5.69 Å². The molecule has 0 aliphatic carbocycles. The number of hydrogen-bond acceptors (Lipinski definition) is 4. The Bertz CT molecular complexity index is 528. The van der Waals surface area contributed by atoms with Crippen molar-refractivity contribution in [3.8, 4) is 5.75 Å². The zero-order chi connectivity index (χ0) is 15.6. The molecule has 2 aromatic rings. The lowest BCUT2D eigenvalue weighted by Crippen LogP contribution is -2.22. The maximum absolute atomic E-state index is 9.27. The van der Waals surface area contributed by atoms with E-state index in [0.717, 1.165) is 24.3 Å². The molecule has 4 heteroatoms. The summed E-state index contributed by atoms with van der Waals surface area (Å²) in [5.41, 5.74) is 2.22. The first-order chi connectivity index (χ1) is 10.8. The quantitative estimate of drug-likeness (QED) is 0.623. The molecule has 118 valence electrons. The summed E-state index contributed by atoms with van der Waals surface area (Å²) in [6, 6.07) is 18.0. The van der Waals surface area contributed by atoms with Crippen LogP contribution in [0.25, 0.3) is 0 Å². The maximum atomic E-state index is 9.27.